The summed E-state index contributed by atoms with van der Waals surface area (Å²) < 4.78 is 2.28. The van der Waals surface area contributed by atoms with Crippen molar-refractivity contribution >= 4 is 11.2 Å². The molecule has 2 aliphatic carbocycles. The maximum absolute atomic E-state index is 4.38. The number of hydrogen-bond acceptors (Lipinski definition) is 3. The first-order valence-corrected chi connectivity index (χ1v) is 6.04. The minimum atomic E-state index is 0.638. The average Bonchev–Trinajstić information content (AvgIpc) is 3.03. The van der Waals surface area contributed by atoms with Gasteiger partial charge in [0.1, 0.15) is 11.8 Å². The van der Waals surface area contributed by atoms with E-state index in [9.17, 15) is 0 Å². The smallest absolute Gasteiger partial charge is 0.163 e. The van der Waals surface area contributed by atoms with E-state index < -0.39 is 0 Å². The normalized spacial score (nSPS) is 32.6. The molecule has 0 aliphatic heterocycles. The molecule has 2 saturated carbocycles. The molecule has 4 rings (SSSR count). The molecule has 0 radical (unpaired) electrons. The largest absolute Gasteiger partial charge is 0.312 e. The molecular weight excluding hydrogens is 200 g/mol. The summed E-state index contributed by atoms with van der Waals surface area (Å²) >= 11 is 0. The Morgan fingerprint density at radius 1 is 1.19 bits per heavy atom. The van der Waals surface area contributed by atoms with Gasteiger partial charge in [0, 0.05) is 6.04 Å². The molecule has 2 aromatic heterocycles. The third kappa shape index (κ3) is 1.07. The number of fused-ring (bicyclic) bond motifs is 3. The predicted molar refractivity (Wildman–Crippen MR) is 59.8 cm³/mol. The van der Waals surface area contributed by atoms with Crippen molar-refractivity contribution in [3.05, 3.63) is 18.9 Å². The van der Waals surface area contributed by atoms with Gasteiger partial charge in [-0.15, -0.1) is 0 Å². The highest BCUT2D eigenvalue weighted by atomic mass is 15.1. The van der Waals surface area contributed by atoms with Gasteiger partial charge in [0.2, 0.25) is 0 Å². The summed E-state index contributed by atoms with van der Waals surface area (Å²) in [7, 11) is 0. The van der Waals surface area contributed by atoms with Crippen molar-refractivity contribution in [2.75, 3.05) is 0 Å². The van der Waals surface area contributed by atoms with Gasteiger partial charge in [-0.05, 0) is 31.1 Å². The van der Waals surface area contributed by atoms with Crippen LogP contribution in [0.25, 0.3) is 11.2 Å². The van der Waals surface area contributed by atoms with Crippen molar-refractivity contribution in [2.24, 2.45) is 11.8 Å². The van der Waals surface area contributed by atoms with Crippen molar-refractivity contribution in [3.63, 3.8) is 0 Å². The van der Waals surface area contributed by atoms with Crippen molar-refractivity contribution in [1.82, 2.24) is 19.5 Å². The molecule has 2 bridgehead atoms. The van der Waals surface area contributed by atoms with Gasteiger partial charge in [0.15, 0.2) is 5.65 Å². The summed E-state index contributed by atoms with van der Waals surface area (Å²) in [6.07, 6.45) is 10.9. The molecule has 2 aromatic rings. The summed E-state index contributed by atoms with van der Waals surface area (Å²) in [4.78, 5) is 12.8. The molecule has 2 heterocycles. The van der Waals surface area contributed by atoms with Gasteiger partial charge >= 0.3 is 0 Å². The zero-order valence-corrected chi connectivity index (χ0v) is 9.08. The Balaban J connectivity index is 1.82. The van der Waals surface area contributed by atoms with Crippen LogP contribution in [-0.4, -0.2) is 19.5 Å². The Morgan fingerprint density at radius 3 is 3.00 bits per heavy atom. The van der Waals surface area contributed by atoms with Gasteiger partial charge in [0.25, 0.3) is 0 Å². The first kappa shape index (κ1) is 8.67. The summed E-state index contributed by atoms with van der Waals surface area (Å²) in [6.45, 7) is 0. The summed E-state index contributed by atoms with van der Waals surface area (Å²) in [5, 5.41) is 0. The lowest BCUT2D eigenvalue weighted by Crippen LogP contribution is -2.15. The molecular formula is C12H14N4. The van der Waals surface area contributed by atoms with Gasteiger partial charge in [-0.2, -0.15) is 0 Å². The Morgan fingerprint density at radius 2 is 2.19 bits per heavy atom. The lowest BCUT2D eigenvalue weighted by atomic mass is 9.95. The lowest BCUT2D eigenvalue weighted by molar-refractivity contribution is 0.334. The van der Waals surface area contributed by atoms with E-state index in [1.54, 1.807) is 12.5 Å². The van der Waals surface area contributed by atoms with E-state index in [0.29, 0.717) is 6.04 Å². The zero-order valence-electron chi connectivity index (χ0n) is 9.08. The molecule has 4 nitrogen and oxygen atoms in total. The highest BCUT2D eigenvalue weighted by molar-refractivity contribution is 5.69. The van der Waals surface area contributed by atoms with E-state index in [-0.39, 0.29) is 0 Å². The summed E-state index contributed by atoms with van der Waals surface area (Å²) in [5.74, 6) is 1.81. The van der Waals surface area contributed by atoms with Gasteiger partial charge in [-0.25, -0.2) is 15.0 Å². The molecule has 2 fully saturated rings. The van der Waals surface area contributed by atoms with E-state index >= 15 is 0 Å². The monoisotopic (exact) mass is 214 g/mol. The van der Waals surface area contributed by atoms with Crippen LogP contribution in [0, 0.1) is 11.8 Å². The number of nitrogens with zero attached hydrogens (tertiary/aromatic N) is 4. The van der Waals surface area contributed by atoms with Crippen LogP contribution in [0.5, 0.6) is 0 Å². The molecule has 0 N–H and O–H groups in total. The van der Waals surface area contributed by atoms with Crippen molar-refractivity contribution < 1.29 is 0 Å². The minimum absolute atomic E-state index is 0.638. The Labute approximate surface area is 93.7 Å². The second kappa shape index (κ2) is 3.03. The molecule has 16 heavy (non-hydrogen) atoms. The molecule has 3 atom stereocenters. The topological polar surface area (TPSA) is 43.6 Å². The quantitative estimate of drug-likeness (QED) is 0.730. The van der Waals surface area contributed by atoms with Crippen molar-refractivity contribution in [2.45, 2.75) is 31.7 Å². The SMILES string of the molecule is c1ncc2ncn([C@@H]3C[C@H]4CC[C@@H]3C4)c2n1. The molecule has 82 valence electrons. The van der Waals surface area contributed by atoms with E-state index in [1.807, 2.05) is 6.33 Å². The van der Waals surface area contributed by atoms with Gasteiger partial charge in [-0.1, -0.05) is 6.42 Å². The fourth-order valence-corrected chi connectivity index (χ4v) is 3.58. The lowest BCUT2D eigenvalue weighted by Gasteiger charge is -2.23. The van der Waals surface area contributed by atoms with Gasteiger partial charge < -0.3 is 4.57 Å². The average molecular weight is 214 g/mol. The highest BCUT2D eigenvalue weighted by Crippen LogP contribution is 2.51. The van der Waals surface area contributed by atoms with Crippen LogP contribution in [0.3, 0.4) is 0 Å². The van der Waals surface area contributed by atoms with Crippen LogP contribution < -0.4 is 0 Å². The van der Waals surface area contributed by atoms with Crippen LogP contribution in [0.15, 0.2) is 18.9 Å². The third-order valence-corrected chi connectivity index (χ3v) is 4.30. The molecule has 0 unspecified atom stereocenters. The molecule has 0 saturated heterocycles. The molecule has 4 heteroatoms. The third-order valence-electron chi connectivity index (χ3n) is 4.30. The Bertz CT molecular complexity index is 533. The van der Waals surface area contributed by atoms with E-state index in [4.69, 9.17) is 0 Å². The second-order valence-corrected chi connectivity index (χ2v) is 5.13. The maximum Gasteiger partial charge on any atom is 0.163 e. The molecule has 2 aliphatic rings. The van der Waals surface area contributed by atoms with Gasteiger partial charge in [0.05, 0.1) is 12.5 Å². The van der Waals surface area contributed by atoms with Crippen LogP contribution in [0.1, 0.15) is 31.7 Å². The first-order valence-electron chi connectivity index (χ1n) is 6.04. The van der Waals surface area contributed by atoms with Crippen LogP contribution in [0.4, 0.5) is 0 Å². The van der Waals surface area contributed by atoms with Crippen LogP contribution >= 0.6 is 0 Å². The first-order chi connectivity index (χ1) is 7.92. The second-order valence-electron chi connectivity index (χ2n) is 5.13. The van der Waals surface area contributed by atoms with Crippen molar-refractivity contribution in [1.29, 1.82) is 0 Å². The maximum atomic E-state index is 4.38. The minimum Gasteiger partial charge on any atom is -0.312 e. The number of rotatable bonds is 1. The number of hydrogen-bond donors (Lipinski definition) is 0. The fraction of sp³-hybridized carbons (Fsp3) is 0.583. The van der Waals surface area contributed by atoms with Crippen LogP contribution in [0.2, 0.25) is 0 Å². The van der Waals surface area contributed by atoms with E-state index in [1.165, 1.54) is 25.7 Å². The molecule has 0 spiro atoms. The summed E-state index contributed by atoms with van der Waals surface area (Å²) in [5.41, 5.74) is 1.93. The molecule has 0 aromatic carbocycles. The standard InChI is InChI=1S/C12H14N4/c1-2-9-3-8(1)4-11(9)16-7-15-10-5-13-6-14-12(10)16/h5-9,11H,1-4H2/t8-,9+,11+/m0/s1. The molecule has 0 amide bonds. The van der Waals surface area contributed by atoms with E-state index in [0.717, 1.165) is 23.0 Å². The Hall–Kier alpha value is -1.45. The number of aromatic nitrogens is 4. The summed E-state index contributed by atoms with van der Waals surface area (Å²) in [6, 6.07) is 0.638. The highest BCUT2D eigenvalue weighted by Gasteiger charge is 2.40. The predicted octanol–water partition coefficient (Wildman–Crippen LogP) is 2.19. The Kier molecular flexibility index (Phi) is 1.64. The van der Waals surface area contributed by atoms with Crippen LogP contribution in [-0.2, 0) is 0 Å². The fourth-order valence-electron chi connectivity index (χ4n) is 3.58. The van der Waals surface area contributed by atoms with Gasteiger partial charge in [-0.3, -0.25) is 0 Å². The van der Waals surface area contributed by atoms with Crippen molar-refractivity contribution in [3.8, 4) is 0 Å². The van der Waals surface area contributed by atoms with E-state index in [2.05, 4.69) is 19.5 Å². The zero-order chi connectivity index (χ0) is 10.5. The number of imidazole rings is 1.